The van der Waals surface area contributed by atoms with Gasteiger partial charge in [0.05, 0.1) is 0 Å². The van der Waals surface area contributed by atoms with Crippen molar-refractivity contribution in [2.24, 2.45) is 11.5 Å². The summed E-state index contributed by atoms with van der Waals surface area (Å²) >= 11 is 0. The molecular formula is C18H42N2O2. The van der Waals surface area contributed by atoms with Gasteiger partial charge in [0, 0.05) is 6.42 Å². The summed E-state index contributed by atoms with van der Waals surface area (Å²) in [5, 5.41) is 8.49. The molecule has 0 atom stereocenters. The van der Waals surface area contributed by atoms with Gasteiger partial charge in [0.15, 0.2) is 0 Å². The molecule has 0 aliphatic rings. The second kappa shape index (κ2) is 28.5. The van der Waals surface area contributed by atoms with Crippen molar-refractivity contribution in [3.8, 4) is 0 Å². The van der Waals surface area contributed by atoms with Crippen LogP contribution < -0.4 is 11.5 Å². The fourth-order valence-corrected chi connectivity index (χ4v) is 2.29. The predicted molar refractivity (Wildman–Crippen MR) is 98.2 cm³/mol. The fourth-order valence-electron chi connectivity index (χ4n) is 2.29. The number of unbranched alkanes of at least 4 members (excludes halogenated alkanes) is 12. The van der Waals surface area contributed by atoms with E-state index in [-0.39, 0.29) is 0 Å². The van der Waals surface area contributed by atoms with E-state index in [2.05, 4.69) is 18.4 Å². The highest BCUT2D eigenvalue weighted by Crippen LogP contribution is 2.12. The molecule has 0 bridgehead atoms. The van der Waals surface area contributed by atoms with E-state index in [0.717, 1.165) is 12.8 Å². The molecule has 22 heavy (non-hydrogen) atoms. The average molecular weight is 319 g/mol. The molecule has 136 valence electrons. The third-order valence-corrected chi connectivity index (χ3v) is 3.49. The first-order valence-corrected chi connectivity index (χ1v) is 9.14. The van der Waals surface area contributed by atoms with Crippen molar-refractivity contribution in [2.75, 3.05) is 14.1 Å². The number of hydrogen-bond donors (Lipinski definition) is 3. The van der Waals surface area contributed by atoms with Crippen molar-refractivity contribution in [2.45, 2.75) is 96.8 Å². The highest BCUT2D eigenvalue weighted by molar-refractivity contribution is 5.66. The summed E-state index contributed by atoms with van der Waals surface area (Å²) in [6, 6.07) is 0. The maximum absolute atomic E-state index is 10.3. The molecule has 0 radical (unpaired) electrons. The minimum absolute atomic E-state index is 0.345. The summed E-state index contributed by atoms with van der Waals surface area (Å²) in [5.74, 6) is -0.655. The van der Waals surface area contributed by atoms with Crippen LogP contribution in [0, 0.1) is 0 Å². The number of carboxylic acids is 1. The van der Waals surface area contributed by atoms with Gasteiger partial charge in [-0.15, -0.1) is 0 Å². The van der Waals surface area contributed by atoms with Crippen molar-refractivity contribution >= 4 is 5.97 Å². The highest BCUT2D eigenvalue weighted by Gasteiger charge is 1.96. The van der Waals surface area contributed by atoms with Crippen molar-refractivity contribution in [1.29, 1.82) is 0 Å². The lowest BCUT2D eigenvalue weighted by molar-refractivity contribution is -0.137. The maximum Gasteiger partial charge on any atom is 0.303 e. The van der Waals surface area contributed by atoms with Crippen molar-refractivity contribution < 1.29 is 9.90 Å². The Bertz CT molecular complexity index is 188. The smallest absolute Gasteiger partial charge is 0.303 e. The summed E-state index contributed by atoms with van der Waals surface area (Å²) in [5.41, 5.74) is 9.00. The van der Waals surface area contributed by atoms with E-state index < -0.39 is 5.97 Å². The molecule has 0 spiro atoms. The van der Waals surface area contributed by atoms with Crippen molar-refractivity contribution in [1.82, 2.24) is 0 Å². The van der Waals surface area contributed by atoms with Crippen LogP contribution in [0.1, 0.15) is 96.8 Å². The average Bonchev–Trinajstić information content (AvgIpc) is 2.55. The van der Waals surface area contributed by atoms with Crippen molar-refractivity contribution in [3.05, 3.63) is 0 Å². The molecule has 4 nitrogen and oxygen atoms in total. The molecule has 0 aliphatic carbocycles. The minimum atomic E-state index is -0.655. The molecule has 0 saturated heterocycles. The van der Waals surface area contributed by atoms with Crippen LogP contribution in [0.3, 0.4) is 0 Å². The quantitative estimate of drug-likeness (QED) is 0.405. The van der Waals surface area contributed by atoms with Gasteiger partial charge in [-0.2, -0.15) is 0 Å². The Morgan fingerprint density at radius 3 is 1.18 bits per heavy atom. The minimum Gasteiger partial charge on any atom is -0.481 e. The monoisotopic (exact) mass is 318 g/mol. The van der Waals surface area contributed by atoms with E-state index in [0.29, 0.717) is 6.42 Å². The second-order valence-corrected chi connectivity index (χ2v) is 5.39. The molecule has 0 unspecified atom stereocenters. The van der Waals surface area contributed by atoms with Crippen LogP contribution in [-0.2, 0) is 4.79 Å². The summed E-state index contributed by atoms with van der Waals surface area (Å²) in [6.45, 7) is 2.26. The molecule has 0 amide bonds. The first kappa shape index (κ1) is 26.3. The molecule has 0 aliphatic heterocycles. The molecular weight excluding hydrogens is 276 g/mol. The van der Waals surface area contributed by atoms with E-state index in [1.165, 1.54) is 84.7 Å². The normalized spacial score (nSPS) is 9.32. The largest absolute Gasteiger partial charge is 0.481 e. The lowest BCUT2D eigenvalue weighted by Gasteiger charge is -2.02. The maximum atomic E-state index is 10.3. The van der Waals surface area contributed by atoms with Gasteiger partial charge < -0.3 is 16.6 Å². The van der Waals surface area contributed by atoms with Crippen LogP contribution in [0.5, 0.6) is 0 Å². The zero-order valence-corrected chi connectivity index (χ0v) is 15.4. The van der Waals surface area contributed by atoms with Gasteiger partial charge in [0.25, 0.3) is 0 Å². The van der Waals surface area contributed by atoms with Crippen LogP contribution in [0.2, 0.25) is 0 Å². The molecule has 0 saturated carbocycles. The van der Waals surface area contributed by atoms with Gasteiger partial charge in [-0.3, -0.25) is 4.79 Å². The van der Waals surface area contributed by atoms with Gasteiger partial charge in [0.2, 0.25) is 0 Å². The second-order valence-electron chi connectivity index (χ2n) is 5.39. The number of carboxylic acid groups (broad SMARTS) is 1. The molecule has 0 aromatic carbocycles. The Balaban J connectivity index is -0.000000826. The molecule has 0 fully saturated rings. The molecule has 0 heterocycles. The van der Waals surface area contributed by atoms with E-state index in [4.69, 9.17) is 5.11 Å². The van der Waals surface area contributed by atoms with Gasteiger partial charge in [-0.05, 0) is 20.5 Å². The molecule has 4 heteroatoms. The predicted octanol–water partition coefficient (Wildman–Crippen LogP) is 4.70. The van der Waals surface area contributed by atoms with Crippen LogP contribution in [0.4, 0.5) is 0 Å². The Kier molecular flexibility index (Phi) is 34.1. The van der Waals surface area contributed by atoms with E-state index in [1.807, 2.05) is 0 Å². The SMILES string of the molecule is CCCCCCCCCCCCCCCC(=O)O.CN.CN. The van der Waals surface area contributed by atoms with E-state index >= 15 is 0 Å². The number of aliphatic carboxylic acids is 1. The fraction of sp³-hybridized carbons (Fsp3) is 0.944. The highest BCUT2D eigenvalue weighted by atomic mass is 16.4. The Labute approximate surface area is 139 Å². The Morgan fingerprint density at radius 2 is 0.909 bits per heavy atom. The molecule has 0 rings (SSSR count). The standard InChI is InChI=1S/C16H32O2.2CH5N/c1-2-3-4-5-6-7-8-9-10-11-12-13-14-15-16(17)18;2*1-2/h2-15H2,1H3,(H,17,18);2*2H2,1H3. The Morgan fingerprint density at radius 1 is 0.636 bits per heavy atom. The van der Waals surface area contributed by atoms with Crippen LogP contribution >= 0.6 is 0 Å². The summed E-state index contributed by atoms with van der Waals surface area (Å²) in [6.07, 6.45) is 17.3. The Hall–Kier alpha value is -0.610. The van der Waals surface area contributed by atoms with Crippen LogP contribution in [0.25, 0.3) is 0 Å². The summed E-state index contributed by atoms with van der Waals surface area (Å²) in [4.78, 5) is 10.3. The summed E-state index contributed by atoms with van der Waals surface area (Å²) in [7, 11) is 3.00. The lowest BCUT2D eigenvalue weighted by Crippen LogP contribution is -1.93. The van der Waals surface area contributed by atoms with Crippen LogP contribution in [-0.4, -0.2) is 25.2 Å². The third kappa shape index (κ3) is 31.7. The van der Waals surface area contributed by atoms with Crippen LogP contribution in [0.15, 0.2) is 0 Å². The van der Waals surface area contributed by atoms with Gasteiger partial charge >= 0.3 is 5.97 Å². The first-order valence-electron chi connectivity index (χ1n) is 9.14. The number of nitrogens with two attached hydrogens (primary N) is 2. The van der Waals surface area contributed by atoms with E-state index in [9.17, 15) is 4.79 Å². The molecule has 0 aromatic rings. The zero-order valence-electron chi connectivity index (χ0n) is 15.4. The van der Waals surface area contributed by atoms with Crippen molar-refractivity contribution in [3.63, 3.8) is 0 Å². The number of carbonyl (C=O) groups is 1. The molecule has 0 aromatic heterocycles. The van der Waals surface area contributed by atoms with Gasteiger partial charge in [-0.1, -0.05) is 84.0 Å². The lowest BCUT2D eigenvalue weighted by atomic mass is 10.0. The topological polar surface area (TPSA) is 89.3 Å². The zero-order chi connectivity index (χ0) is 17.5. The van der Waals surface area contributed by atoms with E-state index in [1.54, 1.807) is 0 Å². The van der Waals surface area contributed by atoms with Gasteiger partial charge in [-0.25, -0.2) is 0 Å². The van der Waals surface area contributed by atoms with Gasteiger partial charge in [0.1, 0.15) is 0 Å². The third-order valence-electron chi connectivity index (χ3n) is 3.49. The number of hydrogen-bond acceptors (Lipinski definition) is 3. The molecule has 5 N–H and O–H groups in total. The number of rotatable bonds is 14. The summed E-state index contributed by atoms with van der Waals surface area (Å²) < 4.78 is 0. The first-order chi connectivity index (χ1) is 10.8.